The Kier molecular flexibility index (Phi) is 5.97. The molecule has 1 N–H and O–H groups in total. The van der Waals surface area contributed by atoms with Gasteiger partial charge in [0.05, 0.1) is 11.2 Å². The molecule has 1 heterocycles. The molecule has 1 fully saturated rings. The van der Waals surface area contributed by atoms with Crippen molar-refractivity contribution < 1.29 is 4.79 Å². The van der Waals surface area contributed by atoms with Crippen LogP contribution in [0, 0.1) is 0 Å². The van der Waals surface area contributed by atoms with E-state index in [1.807, 2.05) is 13.8 Å². The number of hydrogen-bond donors (Lipinski definition) is 1. The van der Waals surface area contributed by atoms with Gasteiger partial charge in [0, 0.05) is 12.0 Å². The average molecular weight is 310 g/mol. The molecule has 116 valence electrons. The third-order valence-corrected chi connectivity index (χ3v) is 4.21. The van der Waals surface area contributed by atoms with E-state index in [-0.39, 0.29) is 17.9 Å². The van der Waals surface area contributed by atoms with Gasteiger partial charge in [-0.2, -0.15) is 0 Å². The van der Waals surface area contributed by atoms with Crippen molar-refractivity contribution in [1.82, 2.24) is 15.3 Å². The van der Waals surface area contributed by atoms with Crippen LogP contribution in [0.3, 0.4) is 0 Å². The van der Waals surface area contributed by atoms with Gasteiger partial charge in [0.25, 0.3) is 5.91 Å². The Morgan fingerprint density at radius 3 is 2.48 bits per heavy atom. The molecule has 2 rings (SSSR count). The van der Waals surface area contributed by atoms with Gasteiger partial charge >= 0.3 is 0 Å². The molecular formula is C16H24ClN3O. The van der Waals surface area contributed by atoms with Gasteiger partial charge in [-0.1, -0.05) is 57.6 Å². The molecule has 4 nitrogen and oxygen atoms in total. The summed E-state index contributed by atoms with van der Waals surface area (Å²) >= 11 is 6.09. The van der Waals surface area contributed by atoms with E-state index in [1.165, 1.54) is 38.3 Å². The van der Waals surface area contributed by atoms with Gasteiger partial charge in [-0.3, -0.25) is 4.79 Å². The Morgan fingerprint density at radius 2 is 1.86 bits per heavy atom. The number of nitrogens with zero attached hydrogens (tertiary/aromatic N) is 2. The van der Waals surface area contributed by atoms with Crippen LogP contribution in [0.4, 0.5) is 0 Å². The molecule has 0 aromatic carbocycles. The largest absolute Gasteiger partial charge is 0.348 e. The van der Waals surface area contributed by atoms with Crippen LogP contribution >= 0.6 is 11.6 Å². The molecule has 1 amide bonds. The number of carbonyl (C=O) groups excluding carboxylic acids is 1. The molecule has 1 aliphatic rings. The van der Waals surface area contributed by atoms with Crippen LogP contribution in [0.15, 0.2) is 6.20 Å². The van der Waals surface area contributed by atoms with Crippen molar-refractivity contribution in [3.63, 3.8) is 0 Å². The average Bonchev–Trinajstić information content (AvgIpc) is 2.41. The third kappa shape index (κ3) is 4.67. The quantitative estimate of drug-likeness (QED) is 0.914. The van der Waals surface area contributed by atoms with Crippen LogP contribution in [0.5, 0.6) is 0 Å². The second-order valence-corrected chi connectivity index (χ2v) is 6.50. The van der Waals surface area contributed by atoms with E-state index in [2.05, 4.69) is 15.3 Å². The smallest absolute Gasteiger partial charge is 0.271 e. The summed E-state index contributed by atoms with van der Waals surface area (Å²) in [5.41, 5.74) is 0.303. The Morgan fingerprint density at radius 1 is 1.24 bits per heavy atom. The van der Waals surface area contributed by atoms with Gasteiger partial charge in [-0.05, 0) is 12.8 Å². The van der Waals surface area contributed by atoms with Crippen molar-refractivity contribution in [1.29, 1.82) is 0 Å². The summed E-state index contributed by atoms with van der Waals surface area (Å²) in [6, 6.07) is 0.242. The fourth-order valence-electron chi connectivity index (χ4n) is 2.67. The highest BCUT2D eigenvalue weighted by molar-refractivity contribution is 6.33. The first-order valence-corrected chi connectivity index (χ1v) is 8.29. The summed E-state index contributed by atoms with van der Waals surface area (Å²) < 4.78 is 0. The number of amides is 1. The summed E-state index contributed by atoms with van der Waals surface area (Å²) in [5.74, 6) is 0.660. The lowest BCUT2D eigenvalue weighted by Crippen LogP contribution is -2.36. The topological polar surface area (TPSA) is 54.9 Å². The molecule has 21 heavy (non-hydrogen) atoms. The maximum absolute atomic E-state index is 12.4. The van der Waals surface area contributed by atoms with Crippen LogP contribution in [0.1, 0.15) is 81.0 Å². The maximum atomic E-state index is 12.4. The van der Waals surface area contributed by atoms with Crippen molar-refractivity contribution in [2.24, 2.45) is 0 Å². The van der Waals surface area contributed by atoms with E-state index in [9.17, 15) is 4.79 Å². The molecule has 1 aromatic rings. The van der Waals surface area contributed by atoms with Gasteiger partial charge in [0.1, 0.15) is 11.5 Å². The van der Waals surface area contributed by atoms with Crippen molar-refractivity contribution >= 4 is 17.5 Å². The zero-order valence-corrected chi connectivity index (χ0v) is 13.6. The number of nitrogens with one attached hydrogen (secondary N) is 1. The molecule has 0 bridgehead atoms. The molecule has 1 aromatic heterocycles. The zero-order valence-electron chi connectivity index (χ0n) is 12.9. The fourth-order valence-corrected chi connectivity index (χ4v) is 2.85. The summed E-state index contributed by atoms with van der Waals surface area (Å²) in [4.78, 5) is 20.9. The minimum Gasteiger partial charge on any atom is -0.348 e. The lowest BCUT2D eigenvalue weighted by molar-refractivity contribution is 0.0925. The minimum absolute atomic E-state index is 0.171. The van der Waals surface area contributed by atoms with E-state index in [1.54, 1.807) is 0 Å². The molecule has 0 atom stereocenters. The van der Waals surface area contributed by atoms with E-state index < -0.39 is 0 Å². The number of halogens is 1. The SMILES string of the molecule is CC(C)c1ncc(Cl)c(C(=O)NC2CCCCCCC2)n1. The normalized spacial score (nSPS) is 17.3. The van der Waals surface area contributed by atoms with Gasteiger partial charge in [-0.15, -0.1) is 0 Å². The summed E-state index contributed by atoms with van der Waals surface area (Å²) in [5, 5.41) is 3.42. The molecule has 5 heteroatoms. The number of carbonyl (C=O) groups is 1. The Bertz CT molecular complexity index is 482. The van der Waals surface area contributed by atoms with Gasteiger partial charge in [0.2, 0.25) is 0 Å². The first-order chi connectivity index (χ1) is 10.1. The van der Waals surface area contributed by atoms with Gasteiger partial charge < -0.3 is 5.32 Å². The van der Waals surface area contributed by atoms with Crippen LogP contribution in [0.2, 0.25) is 5.02 Å². The van der Waals surface area contributed by atoms with Crippen molar-refractivity contribution in [3.8, 4) is 0 Å². The molecule has 0 spiro atoms. The summed E-state index contributed by atoms with van der Waals surface area (Å²) in [6.45, 7) is 4.00. The Hall–Kier alpha value is -1.16. The second kappa shape index (κ2) is 7.74. The molecular weight excluding hydrogens is 286 g/mol. The monoisotopic (exact) mass is 309 g/mol. The second-order valence-electron chi connectivity index (χ2n) is 6.09. The van der Waals surface area contributed by atoms with Crippen LogP contribution in [0.25, 0.3) is 0 Å². The zero-order chi connectivity index (χ0) is 15.2. The van der Waals surface area contributed by atoms with E-state index >= 15 is 0 Å². The standard InChI is InChI=1S/C16H24ClN3O/c1-11(2)15-18-10-13(17)14(20-15)16(21)19-12-8-6-4-3-5-7-9-12/h10-12H,3-9H2,1-2H3,(H,19,21). The van der Waals surface area contributed by atoms with E-state index in [4.69, 9.17) is 11.6 Å². The fraction of sp³-hybridized carbons (Fsp3) is 0.688. The van der Waals surface area contributed by atoms with E-state index in [0.29, 0.717) is 16.5 Å². The Balaban J connectivity index is 2.06. The van der Waals surface area contributed by atoms with E-state index in [0.717, 1.165) is 12.8 Å². The lowest BCUT2D eigenvalue weighted by Gasteiger charge is -2.21. The van der Waals surface area contributed by atoms with Crippen molar-refractivity contribution in [2.75, 3.05) is 0 Å². The number of rotatable bonds is 3. The summed E-state index contributed by atoms with van der Waals surface area (Å²) in [7, 11) is 0. The van der Waals surface area contributed by atoms with Crippen molar-refractivity contribution in [3.05, 3.63) is 22.7 Å². The van der Waals surface area contributed by atoms with Gasteiger partial charge in [0.15, 0.2) is 0 Å². The van der Waals surface area contributed by atoms with Crippen molar-refractivity contribution in [2.45, 2.75) is 70.8 Å². The number of aromatic nitrogens is 2. The number of hydrogen-bond acceptors (Lipinski definition) is 3. The summed E-state index contributed by atoms with van der Waals surface area (Å²) in [6.07, 6.45) is 9.82. The Labute approximate surface area is 131 Å². The van der Waals surface area contributed by atoms with Gasteiger partial charge in [-0.25, -0.2) is 9.97 Å². The van der Waals surface area contributed by atoms with Crippen LogP contribution in [-0.2, 0) is 0 Å². The lowest BCUT2D eigenvalue weighted by atomic mass is 9.96. The highest BCUT2D eigenvalue weighted by Crippen LogP contribution is 2.19. The maximum Gasteiger partial charge on any atom is 0.271 e. The molecule has 1 aliphatic carbocycles. The predicted molar refractivity (Wildman–Crippen MR) is 84.7 cm³/mol. The molecule has 1 saturated carbocycles. The molecule has 0 radical (unpaired) electrons. The molecule has 0 unspecified atom stereocenters. The minimum atomic E-state index is -0.171. The molecule has 0 saturated heterocycles. The first kappa shape index (κ1) is 16.2. The third-order valence-electron chi connectivity index (χ3n) is 3.93. The first-order valence-electron chi connectivity index (χ1n) is 7.91. The highest BCUT2D eigenvalue weighted by atomic mass is 35.5. The van der Waals surface area contributed by atoms with Crippen LogP contribution < -0.4 is 5.32 Å². The van der Waals surface area contributed by atoms with Crippen LogP contribution in [-0.4, -0.2) is 21.9 Å². The predicted octanol–water partition coefficient (Wildman–Crippen LogP) is 4.10. The molecule has 0 aliphatic heterocycles. The highest BCUT2D eigenvalue weighted by Gasteiger charge is 2.19.